The number of nitrogens with zero attached hydrogens (tertiary/aromatic N) is 2. The lowest BCUT2D eigenvalue weighted by Gasteiger charge is -2.06. The van der Waals surface area contributed by atoms with Gasteiger partial charge in [0.2, 0.25) is 5.88 Å². The number of hydrogen-bond donors (Lipinski definition) is 0. The van der Waals surface area contributed by atoms with Crippen LogP contribution in [0, 0.1) is 6.92 Å². The standard InChI is InChI=1S/C17H16N2O3/c1-3-21-17(20)22-16-15(13-7-5-4-6-8-13)18-14-11-12(2)9-10-19(14)16/h4-11H,3H2,1-2H3. The summed E-state index contributed by atoms with van der Waals surface area (Å²) in [6, 6.07) is 13.5. The molecule has 1 aromatic carbocycles. The number of rotatable bonds is 3. The molecule has 0 fully saturated rings. The lowest BCUT2D eigenvalue weighted by atomic mass is 10.2. The van der Waals surface area contributed by atoms with E-state index in [1.54, 1.807) is 11.3 Å². The van der Waals surface area contributed by atoms with Crippen LogP contribution in [0.5, 0.6) is 5.88 Å². The third kappa shape index (κ3) is 2.65. The normalized spacial score (nSPS) is 10.6. The Bertz CT molecular complexity index is 809. The summed E-state index contributed by atoms with van der Waals surface area (Å²) in [5, 5.41) is 0. The van der Waals surface area contributed by atoms with E-state index in [0.29, 0.717) is 11.6 Å². The van der Waals surface area contributed by atoms with Gasteiger partial charge in [-0.1, -0.05) is 30.3 Å². The molecule has 112 valence electrons. The number of benzene rings is 1. The van der Waals surface area contributed by atoms with Gasteiger partial charge in [-0.05, 0) is 31.5 Å². The van der Waals surface area contributed by atoms with Crippen LogP contribution in [0.3, 0.4) is 0 Å². The van der Waals surface area contributed by atoms with Gasteiger partial charge in [0.25, 0.3) is 0 Å². The van der Waals surface area contributed by atoms with Crippen molar-refractivity contribution in [3.05, 3.63) is 54.2 Å². The second kappa shape index (κ2) is 5.89. The largest absolute Gasteiger partial charge is 0.515 e. The van der Waals surface area contributed by atoms with E-state index in [2.05, 4.69) is 4.98 Å². The van der Waals surface area contributed by atoms with Gasteiger partial charge in [0, 0.05) is 11.8 Å². The molecule has 0 saturated carbocycles. The molecule has 0 aliphatic heterocycles. The van der Waals surface area contributed by atoms with Crippen LogP contribution in [0.15, 0.2) is 48.7 Å². The van der Waals surface area contributed by atoms with Crippen LogP contribution in [0.25, 0.3) is 16.9 Å². The maximum Gasteiger partial charge on any atom is 0.515 e. The van der Waals surface area contributed by atoms with Crippen LogP contribution in [-0.2, 0) is 4.74 Å². The highest BCUT2D eigenvalue weighted by Gasteiger charge is 2.19. The quantitative estimate of drug-likeness (QED) is 0.689. The summed E-state index contributed by atoms with van der Waals surface area (Å²) in [4.78, 5) is 16.3. The number of fused-ring (bicyclic) bond motifs is 1. The van der Waals surface area contributed by atoms with E-state index in [1.807, 2.05) is 55.6 Å². The van der Waals surface area contributed by atoms with Crippen LogP contribution in [0.4, 0.5) is 4.79 Å². The zero-order valence-electron chi connectivity index (χ0n) is 12.4. The van der Waals surface area contributed by atoms with Gasteiger partial charge < -0.3 is 9.47 Å². The Labute approximate surface area is 128 Å². The Morgan fingerprint density at radius 2 is 2.00 bits per heavy atom. The summed E-state index contributed by atoms with van der Waals surface area (Å²) in [6.45, 7) is 3.98. The summed E-state index contributed by atoms with van der Waals surface area (Å²) < 4.78 is 12.0. The minimum Gasteiger partial charge on any atom is -0.434 e. The number of pyridine rings is 1. The van der Waals surface area contributed by atoms with Crippen molar-refractivity contribution in [3.8, 4) is 17.1 Å². The lowest BCUT2D eigenvalue weighted by molar-refractivity contribution is 0.102. The molecule has 0 unspecified atom stereocenters. The Hall–Kier alpha value is -2.82. The molecule has 0 spiro atoms. The molecule has 0 saturated heterocycles. The highest BCUT2D eigenvalue weighted by molar-refractivity contribution is 5.74. The first kappa shape index (κ1) is 14.1. The maximum absolute atomic E-state index is 11.7. The lowest BCUT2D eigenvalue weighted by Crippen LogP contribution is -2.11. The fraction of sp³-hybridized carbons (Fsp3) is 0.176. The van der Waals surface area contributed by atoms with E-state index in [9.17, 15) is 4.79 Å². The monoisotopic (exact) mass is 296 g/mol. The molecule has 0 bridgehead atoms. The van der Waals surface area contributed by atoms with Crippen molar-refractivity contribution in [2.45, 2.75) is 13.8 Å². The third-order valence-corrected chi connectivity index (χ3v) is 3.23. The van der Waals surface area contributed by atoms with Crippen molar-refractivity contribution < 1.29 is 14.3 Å². The second-order valence-electron chi connectivity index (χ2n) is 4.85. The summed E-state index contributed by atoms with van der Waals surface area (Å²) in [6.07, 6.45) is 1.10. The summed E-state index contributed by atoms with van der Waals surface area (Å²) in [5.41, 5.74) is 3.29. The number of carbonyl (C=O) groups excluding carboxylic acids is 1. The minimum absolute atomic E-state index is 0.259. The smallest absolute Gasteiger partial charge is 0.434 e. The summed E-state index contributed by atoms with van der Waals surface area (Å²) in [7, 11) is 0. The van der Waals surface area contributed by atoms with E-state index in [1.165, 1.54) is 0 Å². The van der Waals surface area contributed by atoms with Crippen molar-refractivity contribution in [1.29, 1.82) is 0 Å². The Morgan fingerprint density at radius 3 is 2.73 bits per heavy atom. The SMILES string of the molecule is CCOC(=O)Oc1c(-c2ccccc2)nc2cc(C)ccn12. The highest BCUT2D eigenvalue weighted by Crippen LogP contribution is 2.31. The second-order valence-corrected chi connectivity index (χ2v) is 4.85. The Morgan fingerprint density at radius 1 is 1.23 bits per heavy atom. The van der Waals surface area contributed by atoms with Gasteiger partial charge in [0.1, 0.15) is 11.3 Å². The van der Waals surface area contributed by atoms with Crippen LogP contribution < -0.4 is 4.74 Å². The average Bonchev–Trinajstić information content (AvgIpc) is 2.86. The molecule has 0 amide bonds. The van der Waals surface area contributed by atoms with Crippen molar-refractivity contribution >= 4 is 11.8 Å². The molecule has 0 atom stereocenters. The molecule has 0 N–H and O–H groups in total. The molecule has 2 heterocycles. The molecule has 5 heteroatoms. The predicted molar refractivity (Wildman–Crippen MR) is 83.0 cm³/mol. The van der Waals surface area contributed by atoms with E-state index in [-0.39, 0.29) is 6.61 Å². The molecule has 0 aliphatic carbocycles. The fourth-order valence-corrected chi connectivity index (χ4v) is 2.23. The number of hydrogen-bond acceptors (Lipinski definition) is 4. The first-order valence-electron chi connectivity index (χ1n) is 7.07. The summed E-state index contributed by atoms with van der Waals surface area (Å²) >= 11 is 0. The molecule has 22 heavy (non-hydrogen) atoms. The van der Waals surface area contributed by atoms with E-state index in [4.69, 9.17) is 9.47 Å². The number of imidazole rings is 1. The van der Waals surface area contributed by atoms with Gasteiger partial charge in [-0.3, -0.25) is 4.40 Å². The van der Waals surface area contributed by atoms with Gasteiger partial charge in [0.05, 0.1) is 6.61 Å². The van der Waals surface area contributed by atoms with E-state index in [0.717, 1.165) is 16.8 Å². The average molecular weight is 296 g/mol. The Balaban J connectivity index is 2.15. The molecule has 5 nitrogen and oxygen atoms in total. The number of aromatic nitrogens is 2. The molecular formula is C17H16N2O3. The molecule has 0 aliphatic rings. The predicted octanol–water partition coefficient (Wildman–Crippen LogP) is 3.85. The molecule has 3 rings (SSSR count). The third-order valence-electron chi connectivity index (χ3n) is 3.23. The molecule has 3 aromatic rings. The van der Waals surface area contributed by atoms with Crippen molar-refractivity contribution in [2.75, 3.05) is 6.61 Å². The Kier molecular flexibility index (Phi) is 3.78. The summed E-state index contributed by atoms with van der Waals surface area (Å²) in [5.74, 6) is 0.361. The van der Waals surface area contributed by atoms with E-state index < -0.39 is 6.16 Å². The minimum atomic E-state index is -0.734. The number of ether oxygens (including phenoxy) is 2. The van der Waals surface area contributed by atoms with Crippen LogP contribution in [-0.4, -0.2) is 22.1 Å². The van der Waals surface area contributed by atoms with Gasteiger partial charge in [0.15, 0.2) is 0 Å². The van der Waals surface area contributed by atoms with Crippen LogP contribution >= 0.6 is 0 Å². The molecule has 0 radical (unpaired) electrons. The van der Waals surface area contributed by atoms with E-state index >= 15 is 0 Å². The van der Waals surface area contributed by atoms with Gasteiger partial charge >= 0.3 is 6.16 Å². The first-order valence-corrected chi connectivity index (χ1v) is 7.07. The zero-order chi connectivity index (χ0) is 15.5. The van der Waals surface area contributed by atoms with Crippen LogP contribution in [0.2, 0.25) is 0 Å². The number of carbonyl (C=O) groups is 1. The van der Waals surface area contributed by atoms with Crippen molar-refractivity contribution in [1.82, 2.24) is 9.38 Å². The first-order chi connectivity index (χ1) is 10.7. The van der Waals surface area contributed by atoms with Gasteiger partial charge in [-0.25, -0.2) is 9.78 Å². The maximum atomic E-state index is 11.7. The number of aryl methyl sites for hydroxylation is 1. The zero-order valence-corrected chi connectivity index (χ0v) is 12.4. The van der Waals surface area contributed by atoms with Crippen LogP contribution in [0.1, 0.15) is 12.5 Å². The fourth-order valence-electron chi connectivity index (χ4n) is 2.23. The van der Waals surface area contributed by atoms with Crippen molar-refractivity contribution in [2.24, 2.45) is 0 Å². The molecule has 2 aromatic heterocycles. The van der Waals surface area contributed by atoms with Crippen molar-refractivity contribution in [3.63, 3.8) is 0 Å². The topological polar surface area (TPSA) is 52.8 Å². The highest BCUT2D eigenvalue weighted by atomic mass is 16.7. The van der Waals surface area contributed by atoms with Gasteiger partial charge in [-0.15, -0.1) is 0 Å². The van der Waals surface area contributed by atoms with Gasteiger partial charge in [-0.2, -0.15) is 0 Å². The molecular weight excluding hydrogens is 280 g/mol.